The summed E-state index contributed by atoms with van der Waals surface area (Å²) in [5.41, 5.74) is 1.48. The Labute approximate surface area is 92.3 Å². The fraction of sp³-hybridized carbons (Fsp3) is 0.500. The van der Waals surface area contributed by atoms with Crippen LogP contribution in [0.1, 0.15) is 18.4 Å². The van der Waals surface area contributed by atoms with Crippen LogP contribution < -0.4 is 5.32 Å². The predicted octanol–water partition coefficient (Wildman–Crippen LogP) is 2.65. The first-order valence-corrected chi connectivity index (χ1v) is 5.20. The molecule has 1 aromatic rings. The monoisotopic (exact) mass is 211 g/mol. The van der Waals surface area contributed by atoms with Gasteiger partial charge in [-0.3, -0.25) is 0 Å². The Bertz CT molecular complexity index is 242. The standard InChI is InChI=1S/C12H17N.ClH/c1-2-5-11(6-3-1)9-12-7-4-8-13-10-12;/h1-3,5-6,12-13H,4,7-10H2;1H/t12-;/m1./s1. The Morgan fingerprint density at radius 3 is 2.64 bits per heavy atom. The molecule has 0 radical (unpaired) electrons. The number of halogens is 1. The molecule has 1 heterocycles. The molecule has 0 aromatic heterocycles. The zero-order valence-corrected chi connectivity index (χ0v) is 9.22. The molecule has 1 fully saturated rings. The predicted molar refractivity (Wildman–Crippen MR) is 63.0 cm³/mol. The molecule has 2 rings (SSSR count). The minimum Gasteiger partial charge on any atom is -0.316 e. The van der Waals surface area contributed by atoms with Crippen molar-refractivity contribution in [3.8, 4) is 0 Å². The number of nitrogens with one attached hydrogen (secondary N) is 1. The van der Waals surface area contributed by atoms with E-state index >= 15 is 0 Å². The van der Waals surface area contributed by atoms with Crippen LogP contribution in [0.2, 0.25) is 0 Å². The molecule has 1 saturated heterocycles. The molecule has 1 atom stereocenters. The molecule has 0 unspecified atom stereocenters. The molecule has 1 N–H and O–H groups in total. The van der Waals surface area contributed by atoms with Crippen molar-refractivity contribution in [3.05, 3.63) is 35.9 Å². The second-order valence-corrected chi connectivity index (χ2v) is 3.90. The van der Waals surface area contributed by atoms with E-state index in [0.29, 0.717) is 0 Å². The average Bonchev–Trinajstić information content (AvgIpc) is 2.21. The summed E-state index contributed by atoms with van der Waals surface area (Å²) in [6.45, 7) is 2.42. The van der Waals surface area contributed by atoms with E-state index < -0.39 is 0 Å². The molecular formula is C12H18ClN. The lowest BCUT2D eigenvalue weighted by Gasteiger charge is -2.22. The zero-order chi connectivity index (χ0) is 8.93. The fourth-order valence-corrected chi connectivity index (χ4v) is 2.05. The molecule has 1 aromatic carbocycles. The lowest BCUT2D eigenvalue weighted by molar-refractivity contribution is 0.376. The van der Waals surface area contributed by atoms with Gasteiger partial charge in [0.25, 0.3) is 0 Å². The van der Waals surface area contributed by atoms with Crippen molar-refractivity contribution in [2.75, 3.05) is 13.1 Å². The first-order valence-electron chi connectivity index (χ1n) is 5.20. The van der Waals surface area contributed by atoms with Gasteiger partial charge < -0.3 is 5.32 Å². The van der Waals surface area contributed by atoms with Crippen LogP contribution in [-0.4, -0.2) is 13.1 Å². The van der Waals surface area contributed by atoms with Gasteiger partial charge in [-0.2, -0.15) is 0 Å². The summed E-state index contributed by atoms with van der Waals surface area (Å²) >= 11 is 0. The molecule has 78 valence electrons. The van der Waals surface area contributed by atoms with Gasteiger partial charge >= 0.3 is 0 Å². The van der Waals surface area contributed by atoms with Crippen LogP contribution in [0.25, 0.3) is 0 Å². The minimum absolute atomic E-state index is 0. The van der Waals surface area contributed by atoms with Gasteiger partial charge in [-0.15, -0.1) is 12.4 Å². The van der Waals surface area contributed by atoms with Gasteiger partial charge in [0.15, 0.2) is 0 Å². The smallest absolute Gasteiger partial charge is 0.00173 e. The van der Waals surface area contributed by atoms with Crippen molar-refractivity contribution in [1.82, 2.24) is 5.32 Å². The summed E-state index contributed by atoms with van der Waals surface area (Å²) in [5, 5.41) is 3.46. The third-order valence-corrected chi connectivity index (χ3v) is 2.77. The van der Waals surface area contributed by atoms with Crippen LogP contribution in [0.15, 0.2) is 30.3 Å². The molecule has 14 heavy (non-hydrogen) atoms. The molecule has 0 aliphatic carbocycles. The van der Waals surface area contributed by atoms with E-state index in [9.17, 15) is 0 Å². The third-order valence-electron chi connectivity index (χ3n) is 2.77. The summed E-state index contributed by atoms with van der Waals surface area (Å²) in [6.07, 6.45) is 3.98. The second kappa shape index (κ2) is 6.05. The Hall–Kier alpha value is -0.530. The maximum atomic E-state index is 3.46. The van der Waals surface area contributed by atoms with Gasteiger partial charge in [0, 0.05) is 0 Å². The highest BCUT2D eigenvalue weighted by Gasteiger charge is 2.12. The third kappa shape index (κ3) is 3.32. The van der Waals surface area contributed by atoms with Crippen molar-refractivity contribution in [1.29, 1.82) is 0 Å². The van der Waals surface area contributed by atoms with E-state index in [1.54, 1.807) is 0 Å². The summed E-state index contributed by atoms with van der Waals surface area (Å²) in [5.74, 6) is 0.858. The van der Waals surface area contributed by atoms with E-state index in [-0.39, 0.29) is 12.4 Å². The van der Waals surface area contributed by atoms with Crippen LogP contribution in [0.3, 0.4) is 0 Å². The van der Waals surface area contributed by atoms with Gasteiger partial charge in [-0.1, -0.05) is 30.3 Å². The lowest BCUT2D eigenvalue weighted by atomic mass is 9.92. The van der Waals surface area contributed by atoms with Crippen molar-refractivity contribution in [3.63, 3.8) is 0 Å². The van der Waals surface area contributed by atoms with E-state index in [1.807, 2.05) is 0 Å². The summed E-state index contributed by atoms with van der Waals surface area (Å²) in [7, 11) is 0. The van der Waals surface area contributed by atoms with Crippen molar-refractivity contribution >= 4 is 12.4 Å². The van der Waals surface area contributed by atoms with E-state index in [2.05, 4.69) is 35.6 Å². The molecule has 0 bridgehead atoms. The minimum atomic E-state index is 0. The number of benzene rings is 1. The Balaban J connectivity index is 0.000000980. The first kappa shape index (κ1) is 11.5. The normalized spacial score (nSPS) is 21.3. The highest BCUT2D eigenvalue weighted by molar-refractivity contribution is 5.85. The molecule has 0 saturated carbocycles. The summed E-state index contributed by atoms with van der Waals surface area (Å²) < 4.78 is 0. The van der Waals surface area contributed by atoms with E-state index in [4.69, 9.17) is 0 Å². The zero-order valence-electron chi connectivity index (χ0n) is 8.41. The Morgan fingerprint density at radius 1 is 1.21 bits per heavy atom. The van der Waals surface area contributed by atoms with Gasteiger partial charge in [-0.05, 0) is 43.8 Å². The van der Waals surface area contributed by atoms with Crippen LogP contribution in [-0.2, 0) is 6.42 Å². The topological polar surface area (TPSA) is 12.0 Å². The molecular weight excluding hydrogens is 194 g/mol. The molecule has 2 heteroatoms. The highest BCUT2D eigenvalue weighted by Crippen LogP contribution is 2.15. The van der Waals surface area contributed by atoms with Crippen LogP contribution in [0.4, 0.5) is 0 Å². The molecule has 0 spiro atoms. The summed E-state index contributed by atoms with van der Waals surface area (Å²) in [6, 6.07) is 10.8. The quantitative estimate of drug-likeness (QED) is 0.793. The average molecular weight is 212 g/mol. The summed E-state index contributed by atoms with van der Waals surface area (Å²) in [4.78, 5) is 0. The number of piperidine rings is 1. The van der Waals surface area contributed by atoms with Gasteiger partial charge in [-0.25, -0.2) is 0 Å². The highest BCUT2D eigenvalue weighted by atomic mass is 35.5. The van der Waals surface area contributed by atoms with E-state index in [1.165, 1.54) is 37.9 Å². The Kier molecular flexibility index (Phi) is 4.99. The maximum absolute atomic E-state index is 3.46. The fourth-order valence-electron chi connectivity index (χ4n) is 2.05. The molecule has 0 amide bonds. The van der Waals surface area contributed by atoms with Crippen LogP contribution >= 0.6 is 12.4 Å². The Morgan fingerprint density at radius 2 is 2.00 bits per heavy atom. The molecule has 1 nitrogen and oxygen atoms in total. The molecule has 1 aliphatic rings. The van der Waals surface area contributed by atoms with Crippen LogP contribution in [0, 0.1) is 5.92 Å². The van der Waals surface area contributed by atoms with Crippen molar-refractivity contribution in [2.45, 2.75) is 19.3 Å². The second-order valence-electron chi connectivity index (χ2n) is 3.90. The van der Waals surface area contributed by atoms with Gasteiger partial charge in [0.2, 0.25) is 0 Å². The maximum Gasteiger partial charge on any atom is -0.00173 e. The van der Waals surface area contributed by atoms with Crippen molar-refractivity contribution in [2.24, 2.45) is 5.92 Å². The largest absolute Gasteiger partial charge is 0.316 e. The first-order chi connectivity index (χ1) is 6.45. The number of hydrogen-bond acceptors (Lipinski definition) is 1. The number of hydrogen-bond donors (Lipinski definition) is 1. The number of rotatable bonds is 2. The SMILES string of the molecule is Cl.c1ccc(C[C@H]2CCCNC2)cc1. The lowest BCUT2D eigenvalue weighted by Crippen LogP contribution is -2.30. The molecule has 1 aliphatic heterocycles. The van der Waals surface area contributed by atoms with Gasteiger partial charge in [0.05, 0.1) is 0 Å². The van der Waals surface area contributed by atoms with Crippen LogP contribution in [0.5, 0.6) is 0 Å². The van der Waals surface area contributed by atoms with Gasteiger partial charge in [0.1, 0.15) is 0 Å². The van der Waals surface area contributed by atoms with E-state index in [0.717, 1.165) is 5.92 Å². The van der Waals surface area contributed by atoms with Crippen molar-refractivity contribution < 1.29 is 0 Å².